The van der Waals surface area contributed by atoms with Gasteiger partial charge in [-0.3, -0.25) is 9.78 Å². The summed E-state index contributed by atoms with van der Waals surface area (Å²) in [6, 6.07) is 16.0. The molecule has 0 bridgehead atoms. The Kier molecular flexibility index (Phi) is 7.48. The molecule has 0 amide bonds. The number of ketones is 1. The summed E-state index contributed by atoms with van der Waals surface area (Å²) in [4.78, 5) is 20.7. The number of unbranched alkanes of at least 4 members (excludes halogenated alkanes) is 3. The van der Waals surface area contributed by atoms with Gasteiger partial charge in [-0.15, -0.1) is 0 Å². The molecule has 146 valence electrons. The summed E-state index contributed by atoms with van der Waals surface area (Å²) < 4.78 is 5.60. The number of carbonyl (C=O) groups is 1. The third kappa shape index (κ3) is 6.25. The predicted molar refractivity (Wildman–Crippen MR) is 112 cm³/mol. The molecule has 0 N–H and O–H groups in total. The van der Waals surface area contributed by atoms with E-state index in [4.69, 9.17) is 9.68 Å². The third-order valence-electron chi connectivity index (χ3n) is 4.60. The fourth-order valence-corrected chi connectivity index (χ4v) is 3.02. The van der Waals surface area contributed by atoms with Crippen molar-refractivity contribution in [2.24, 2.45) is 0 Å². The molecule has 0 spiro atoms. The van der Waals surface area contributed by atoms with Crippen LogP contribution in [0.2, 0.25) is 0 Å². The van der Waals surface area contributed by atoms with Crippen LogP contribution >= 0.6 is 0 Å². The molecule has 2 aromatic heterocycles. The summed E-state index contributed by atoms with van der Waals surface area (Å²) in [5, 5.41) is 8.55. The van der Waals surface area contributed by atoms with Gasteiger partial charge in [0.2, 0.25) is 5.78 Å². The van der Waals surface area contributed by atoms with Gasteiger partial charge in [0.25, 0.3) is 5.89 Å². The van der Waals surface area contributed by atoms with E-state index in [0.29, 0.717) is 17.9 Å². The van der Waals surface area contributed by atoms with E-state index < -0.39 is 0 Å². The van der Waals surface area contributed by atoms with Gasteiger partial charge in [-0.05, 0) is 42.5 Å². The van der Waals surface area contributed by atoms with Gasteiger partial charge in [-0.1, -0.05) is 49.2 Å². The number of aryl methyl sites for hydroxylation is 1. The van der Waals surface area contributed by atoms with Gasteiger partial charge < -0.3 is 4.42 Å². The van der Waals surface area contributed by atoms with Gasteiger partial charge in [-0.2, -0.15) is 5.26 Å². The van der Waals surface area contributed by atoms with E-state index in [1.807, 2.05) is 18.2 Å². The second-order valence-electron chi connectivity index (χ2n) is 6.79. The summed E-state index contributed by atoms with van der Waals surface area (Å²) in [7, 11) is 0. The maximum Gasteiger partial charge on any atom is 0.263 e. The highest BCUT2D eigenvalue weighted by Gasteiger charge is 2.14. The molecular weight excluding hydrogens is 362 g/mol. The number of allylic oxidation sites excluding steroid dienone is 1. The number of aromatic nitrogens is 2. The molecule has 3 rings (SSSR count). The minimum atomic E-state index is -0.0760. The van der Waals surface area contributed by atoms with E-state index >= 15 is 0 Å². The van der Waals surface area contributed by atoms with Crippen molar-refractivity contribution in [3.63, 3.8) is 0 Å². The summed E-state index contributed by atoms with van der Waals surface area (Å²) in [5.74, 6) is 0.527. The number of benzene rings is 1. The Hall–Kier alpha value is -3.52. The molecule has 0 aliphatic carbocycles. The first kappa shape index (κ1) is 20.2. The number of nitriles is 1. The molecule has 29 heavy (non-hydrogen) atoms. The molecule has 0 aliphatic rings. The fraction of sp³-hybridized carbons (Fsp3) is 0.250. The first-order valence-corrected chi connectivity index (χ1v) is 9.82. The zero-order valence-electron chi connectivity index (χ0n) is 16.3. The Morgan fingerprint density at radius 3 is 2.59 bits per heavy atom. The Morgan fingerprint density at radius 1 is 1.00 bits per heavy atom. The van der Waals surface area contributed by atoms with Crippen LogP contribution in [0.4, 0.5) is 0 Å². The number of oxazole rings is 1. The molecule has 1 aromatic carbocycles. The Morgan fingerprint density at radius 2 is 1.83 bits per heavy atom. The quantitative estimate of drug-likeness (QED) is 0.256. The van der Waals surface area contributed by atoms with Gasteiger partial charge in [0.15, 0.2) is 5.76 Å². The van der Waals surface area contributed by atoms with Crippen molar-refractivity contribution in [2.75, 3.05) is 0 Å². The van der Waals surface area contributed by atoms with Crippen LogP contribution in [0.3, 0.4) is 0 Å². The predicted octanol–water partition coefficient (Wildman–Crippen LogP) is 5.65. The van der Waals surface area contributed by atoms with Crippen molar-refractivity contribution in [1.29, 1.82) is 5.26 Å². The lowest BCUT2D eigenvalue weighted by molar-refractivity contribution is 0.0946. The number of Topliss-reactive ketones (excluding diaryl/α,β-unsaturated/α-hetero) is 1. The second-order valence-corrected chi connectivity index (χ2v) is 6.79. The van der Waals surface area contributed by atoms with Crippen molar-refractivity contribution in [1.82, 2.24) is 9.97 Å². The first-order valence-electron chi connectivity index (χ1n) is 9.82. The number of hydrogen-bond donors (Lipinski definition) is 0. The summed E-state index contributed by atoms with van der Waals surface area (Å²) >= 11 is 0. The molecule has 2 heterocycles. The largest absolute Gasteiger partial charge is 0.432 e. The van der Waals surface area contributed by atoms with Gasteiger partial charge >= 0.3 is 0 Å². The van der Waals surface area contributed by atoms with Crippen molar-refractivity contribution < 1.29 is 9.21 Å². The zero-order chi connectivity index (χ0) is 20.3. The lowest BCUT2D eigenvalue weighted by Gasteiger charge is -2.01. The van der Waals surface area contributed by atoms with Crippen molar-refractivity contribution >= 4 is 11.9 Å². The molecule has 0 fully saturated rings. The van der Waals surface area contributed by atoms with Crippen LogP contribution < -0.4 is 0 Å². The first-order chi connectivity index (χ1) is 14.3. The SMILES string of the molecule is N#CC=Cc1ccc(-c2cnc(C(=O)CCCCCCc3ccccc3)o2)nc1. The Bertz CT molecular complexity index is 983. The van der Waals surface area contributed by atoms with Gasteiger partial charge in [0.1, 0.15) is 5.69 Å². The van der Waals surface area contributed by atoms with E-state index in [1.165, 1.54) is 17.8 Å². The fourth-order valence-electron chi connectivity index (χ4n) is 3.02. The third-order valence-corrected chi connectivity index (χ3v) is 4.60. The van der Waals surface area contributed by atoms with Crippen LogP contribution in [0.5, 0.6) is 0 Å². The topological polar surface area (TPSA) is 79.8 Å². The molecular formula is C24H23N3O2. The highest BCUT2D eigenvalue weighted by Crippen LogP contribution is 2.20. The molecule has 5 nitrogen and oxygen atoms in total. The maximum absolute atomic E-state index is 12.3. The molecule has 0 unspecified atom stereocenters. The van der Waals surface area contributed by atoms with Crippen LogP contribution in [0.15, 0.2) is 65.4 Å². The standard InChI is InChI=1S/C24H23N3O2/c25-16-8-12-20-14-15-21(26-17-20)23-18-27-24(29-23)22(28)13-7-2-1-4-9-19-10-5-3-6-11-19/h3,5-6,8,10-12,14-15,17-18H,1-2,4,7,9,13H2. The lowest BCUT2D eigenvalue weighted by Crippen LogP contribution is -1.99. The minimum absolute atomic E-state index is 0.0760. The van der Waals surface area contributed by atoms with Crippen molar-refractivity contribution in [2.45, 2.75) is 38.5 Å². The van der Waals surface area contributed by atoms with E-state index in [9.17, 15) is 4.79 Å². The summed E-state index contributed by atoms with van der Waals surface area (Å²) in [5.41, 5.74) is 2.78. The average molecular weight is 385 g/mol. The van der Waals surface area contributed by atoms with E-state index in [-0.39, 0.29) is 11.7 Å². The normalized spacial score (nSPS) is 10.9. The number of hydrogen-bond acceptors (Lipinski definition) is 5. The summed E-state index contributed by atoms with van der Waals surface area (Å²) in [6.07, 6.45) is 11.8. The van der Waals surface area contributed by atoms with Gasteiger partial charge in [0.05, 0.1) is 12.3 Å². The summed E-state index contributed by atoms with van der Waals surface area (Å²) in [6.45, 7) is 0. The van der Waals surface area contributed by atoms with Gasteiger partial charge in [-0.25, -0.2) is 4.98 Å². The number of carbonyl (C=O) groups excluding carboxylic acids is 1. The smallest absolute Gasteiger partial charge is 0.263 e. The lowest BCUT2D eigenvalue weighted by atomic mass is 10.0. The molecule has 5 heteroatoms. The van der Waals surface area contributed by atoms with E-state index in [2.05, 4.69) is 34.2 Å². The van der Waals surface area contributed by atoms with Crippen molar-refractivity contribution in [3.8, 4) is 17.5 Å². The zero-order valence-corrected chi connectivity index (χ0v) is 16.3. The Labute approximate surface area is 170 Å². The highest BCUT2D eigenvalue weighted by atomic mass is 16.4. The minimum Gasteiger partial charge on any atom is -0.432 e. The van der Waals surface area contributed by atoms with E-state index in [1.54, 1.807) is 18.3 Å². The van der Waals surface area contributed by atoms with Gasteiger partial charge in [0, 0.05) is 18.7 Å². The molecule has 0 saturated heterocycles. The van der Waals surface area contributed by atoms with Crippen LogP contribution in [0.25, 0.3) is 17.5 Å². The number of pyridine rings is 1. The van der Waals surface area contributed by atoms with Crippen LogP contribution in [-0.2, 0) is 6.42 Å². The molecule has 0 aliphatic heterocycles. The van der Waals surface area contributed by atoms with E-state index in [0.717, 1.165) is 37.7 Å². The van der Waals surface area contributed by atoms with Crippen molar-refractivity contribution in [3.05, 3.63) is 78.0 Å². The van der Waals surface area contributed by atoms with Crippen LogP contribution in [0.1, 0.15) is 53.9 Å². The van der Waals surface area contributed by atoms with Crippen LogP contribution in [0, 0.1) is 11.3 Å². The average Bonchev–Trinajstić information content (AvgIpc) is 3.26. The molecule has 3 aromatic rings. The number of rotatable bonds is 10. The monoisotopic (exact) mass is 385 g/mol. The Balaban J connectivity index is 1.42. The highest BCUT2D eigenvalue weighted by molar-refractivity contribution is 5.91. The molecule has 0 atom stereocenters. The second kappa shape index (κ2) is 10.7. The maximum atomic E-state index is 12.3. The van der Waals surface area contributed by atoms with Crippen LogP contribution in [-0.4, -0.2) is 15.8 Å². The molecule has 0 saturated carbocycles. The number of nitrogens with zero attached hydrogens (tertiary/aromatic N) is 3. The molecule has 0 radical (unpaired) electrons.